The second-order valence-corrected chi connectivity index (χ2v) is 8.05. The molecular formula is C17H35KO4S. The molecule has 0 bridgehead atoms. The van der Waals surface area contributed by atoms with Crippen LogP contribution in [0.2, 0.25) is 0 Å². The van der Waals surface area contributed by atoms with Gasteiger partial charge in [0.2, 0.25) is 0 Å². The van der Waals surface area contributed by atoms with E-state index in [1.165, 1.54) is 19.3 Å². The van der Waals surface area contributed by atoms with E-state index in [-0.39, 0.29) is 51.4 Å². The first-order valence-electron chi connectivity index (χ1n) is 9.04. The van der Waals surface area contributed by atoms with E-state index < -0.39 is 21.5 Å². The van der Waals surface area contributed by atoms with Gasteiger partial charge in [0.05, 0.1) is 16.2 Å². The third-order valence-corrected chi connectivity index (χ3v) is 5.54. The standard InChI is InChI=1S/C17H36O4S.K/c1-3-5-7-9-10-12-16(18)14-15-17(22(19,20)21)13-11-8-6-4-2;/h16-18H,3-15H2,1-2H3,(H,19,20,21);/q;+1/p-1. The van der Waals surface area contributed by atoms with Gasteiger partial charge in [0.1, 0.15) is 0 Å². The minimum Gasteiger partial charge on any atom is -0.748 e. The Morgan fingerprint density at radius 1 is 0.783 bits per heavy atom. The molecule has 0 heterocycles. The van der Waals surface area contributed by atoms with Gasteiger partial charge in [-0.25, -0.2) is 8.42 Å². The molecule has 0 spiro atoms. The molecule has 0 aromatic heterocycles. The van der Waals surface area contributed by atoms with Gasteiger partial charge in [0, 0.05) is 5.25 Å². The molecule has 0 aliphatic heterocycles. The van der Waals surface area contributed by atoms with Crippen LogP contribution in [-0.4, -0.2) is 29.4 Å². The summed E-state index contributed by atoms with van der Waals surface area (Å²) >= 11 is 0. The van der Waals surface area contributed by atoms with Crippen molar-refractivity contribution < 1.29 is 69.5 Å². The molecule has 1 N–H and O–H groups in total. The van der Waals surface area contributed by atoms with E-state index in [0.29, 0.717) is 25.7 Å². The minimum absolute atomic E-state index is 0. The van der Waals surface area contributed by atoms with Gasteiger partial charge in [-0.1, -0.05) is 71.6 Å². The van der Waals surface area contributed by atoms with Crippen molar-refractivity contribution in [1.82, 2.24) is 0 Å². The van der Waals surface area contributed by atoms with Crippen molar-refractivity contribution in [3.63, 3.8) is 0 Å². The van der Waals surface area contributed by atoms with Crippen LogP contribution in [0.5, 0.6) is 0 Å². The zero-order chi connectivity index (χ0) is 16.8. The van der Waals surface area contributed by atoms with Crippen molar-refractivity contribution in [1.29, 1.82) is 0 Å². The first-order valence-corrected chi connectivity index (χ1v) is 10.5. The second-order valence-electron chi connectivity index (χ2n) is 6.40. The maximum atomic E-state index is 11.3. The maximum absolute atomic E-state index is 11.3. The Kier molecular flexibility index (Phi) is 19.7. The number of unbranched alkanes of at least 4 members (excludes halogenated alkanes) is 7. The summed E-state index contributed by atoms with van der Waals surface area (Å²) in [5.41, 5.74) is 0. The molecule has 0 rings (SSSR count). The van der Waals surface area contributed by atoms with E-state index in [9.17, 15) is 18.1 Å². The van der Waals surface area contributed by atoms with Crippen molar-refractivity contribution in [3.05, 3.63) is 0 Å². The zero-order valence-corrected chi connectivity index (χ0v) is 19.4. The third kappa shape index (κ3) is 16.7. The Morgan fingerprint density at radius 3 is 1.78 bits per heavy atom. The largest absolute Gasteiger partial charge is 1.00 e. The number of aliphatic hydroxyl groups excluding tert-OH is 1. The van der Waals surface area contributed by atoms with Crippen LogP contribution >= 0.6 is 0 Å². The molecule has 0 aromatic carbocycles. The molecule has 0 aliphatic rings. The molecule has 4 nitrogen and oxygen atoms in total. The first-order chi connectivity index (χ1) is 10.4. The summed E-state index contributed by atoms with van der Waals surface area (Å²) in [6, 6.07) is 0. The fourth-order valence-corrected chi connectivity index (χ4v) is 3.62. The SMILES string of the molecule is CCCCCCCC(O)CCC(CCCCCC)S(=O)(=O)[O-].[K+]. The van der Waals surface area contributed by atoms with Crippen LogP contribution in [0.4, 0.5) is 0 Å². The molecule has 2 unspecified atom stereocenters. The quantitative estimate of drug-likeness (QED) is 0.267. The maximum Gasteiger partial charge on any atom is 1.00 e. The first kappa shape index (κ1) is 26.7. The summed E-state index contributed by atoms with van der Waals surface area (Å²) in [6.07, 6.45) is 11.0. The summed E-state index contributed by atoms with van der Waals surface area (Å²) in [5, 5.41) is 9.11. The third-order valence-electron chi connectivity index (χ3n) is 4.25. The summed E-state index contributed by atoms with van der Waals surface area (Å²) in [7, 11) is -4.24. The van der Waals surface area contributed by atoms with Crippen molar-refractivity contribution >= 4 is 10.1 Å². The second kappa shape index (κ2) is 16.9. The van der Waals surface area contributed by atoms with Gasteiger partial charge in [0.25, 0.3) is 0 Å². The van der Waals surface area contributed by atoms with Gasteiger partial charge in [-0.15, -0.1) is 0 Å². The molecular weight excluding hydrogens is 339 g/mol. The van der Waals surface area contributed by atoms with E-state index in [2.05, 4.69) is 13.8 Å². The van der Waals surface area contributed by atoms with Gasteiger partial charge < -0.3 is 9.66 Å². The van der Waals surface area contributed by atoms with Crippen LogP contribution in [-0.2, 0) is 10.1 Å². The van der Waals surface area contributed by atoms with Crippen LogP contribution in [0, 0.1) is 0 Å². The smallest absolute Gasteiger partial charge is 0.748 e. The van der Waals surface area contributed by atoms with Gasteiger partial charge in [-0.3, -0.25) is 0 Å². The van der Waals surface area contributed by atoms with Crippen molar-refractivity contribution in [3.8, 4) is 0 Å². The Hall–Kier alpha value is 1.51. The Bertz CT molecular complexity index is 347. The molecule has 0 radical (unpaired) electrons. The Labute approximate surface area is 186 Å². The molecule has 0 aromatic rings. The number of hydrogen-bond acceptors (Lipinski definition) is 4. The molecule has 6 heteroatoms. The van der Waals surface area contributed by atoms with Crippen molar-refractivity contribution in [2.45, 2.75) is 109 Å². The fourth-order valence-electron chi connectivity index (χ4n) is 2.74. The minimum atomic E-state index is -4.24. The average Bonchev–Trinajstić information content (AvgIpc) is 2.45. The average molecular weight is 375 g/mol. The Balaban J connectivity index is 0. The summed E-state index contributed by atoms with van der Waals surface area (Å²) < 4.78 is 33.9. The van der Waals surface area contributed by atoms with E-state index in [1.54, 1.807) is 0 Å². The molecule has 0 aliphatic carbocycles. The van der Waals surface area contributed by atoms with Crippen LogP contribution in [0.15, 0.2) is 0 Å². The predicted molar refractivity (Wildman–Crippen MR) is 90.9 cm³/mol. The summed E-state index contributed by atoms with van der Waals surface area (Å²) in [6.45, 7) is 4.26. The Morgan fingerprint density at radius 2 is 1.26 bits per heavy atom. The van der Waals surface area contributed by atoms with Crippen molar-refractivity contribution in [2.24, 2.45) is 0 Å². The molecule has 0 saturated carbocycles. The molecule has 0 fully saturated rings. The monoisotopic (exact) mass is 374 g/mol. The van der Waals surface area contributed by atoms with Crippen LogP contribution in [0.3, 0.4) is 0 Å². The normalized spacial score (nSPS) is 14.3. The fraction of sp³-hybridized carbons (Fsp3) is 1.00. The molecule has 0 saturated heterocycles. The summed E-state index contributed by atoms with van der Waals surface area (Å²) in [5.74, 6) is 0. The number of rotatable bonds is 15. The molecule has 2 atom stereocenters. The molecule has 134 valence electrons. The van der Waals surface area contributed by atoms with E-state index in [0.717, 1.165) is 38.5 Å². The topological polar surface area (TPSA) is 77.4 Å². The number of hydrogen-bond donors (Lipinski definition) is 1. The molecule has 0 amide bonds. The van der Waals surface area contributed by atoms with Crippen LogP contribution in [0.25, 0.3) is 0 Å². The van der Waals surface area contributed by atoms with Gasteiger partial charge in [-0.2, -0.15) is 0 Å². The number of aliphatic hydroxyl groups is 1. The van der Waals surface area contributed by atoms with Crippen LogP contribution < -0.4 is 51.4 Å². The van der Waals surface area contributed by atoms with Gasteiger partial charge in [-0.05, 0) is 25.7 Å². The van der Waals surface area contributed by atoms with E-state index >= 15 is 0 Å². The van der Waals surface area contributed by atoms with Crippen LogP contribution in [0.1, 0.15) is 97.3 Å². The van der Waals surface area contributed by atoms with Gasteiger partial charge in [0.15, 0.2) is 0 Å². The van der Waals surface area contributed by atoms with Gasteiger partial charge >= 0.3 is 51.4 Å². The van der Waals surface area contributed by atoms with E-state index in [1.807, 2.05) is 0 Å². The zero-order valence-electron chi connectivity index (χ0n) is 15.4. The van der Waals surface area contributed by atoms with Crippen molar-refractivity contribution in [2.75, 3.05) is 0 Å². The predicted octanol–water partition coefficient (Wildman–Crippen LogP) is 1.38. The summed E-state index contributed by atoms with van der Waals surface area (Å²) in [4.78, 5) is 0. The van der Waals surface area contributed by atoms with E-state index in [4.69, 9.17) is 0 Å². The molecule has 23 heavy (non-hydrogen) atoms.